The summed E-state index contributed by atoms with van der Waals surface area (Å²) in [6.07, 6.45) is 3.30. The molecular weight excluding hydrogens is 318 g/mol. The van der Waals surface area contributed by atoms with E-state index in [1.54, 1.807) is 30.6 Å². The van der Waals surface area contributed by atoms with Crippen LogP contribution in [0.5, 0.6) is 0 Å². The Bertz CT molecular complexity index is 850. The minimum Gasteiger partial charge on any atom is -0.452 e. The lowest BCUT2D eigenvalue weighted by Crippen LogP contribution is -2.12. The van der Waals surface area contributed by atoms with E-state index >= 15 is 0 Å². The van der Waals surface area contributed by atoms with Gasteiger partial charge in [0.05, 0.1) is 5.56 Å². The molecule has 0 aliphatic carbocycles. The van der Waals surface area contributed by atoms with Gasteiger partial charge < -0.3 is 9.26 Å². The lowest BCUT2D eigenvalue weighted by atomic mass is 9.87. The maximum Gasteiger partial charge on any atom is 0.338 e. The van der Waals surface area contributed by atoms with Crippen molar-refractivity contribution >= 4 is 5.97 Å². The summed E-state index contributed by atoms with van der Waals surface area (Å²) in [5, 5.41) is 3.86. The van der Waals surface area contributed by atoms with Crippen molar-refractivity contribution in [1.82, 2.24) is 15.1 Å². The van der Waals surface area contributed by atoms with Crippen LogP contribution in [-0.4, -0.2) is 21.1 Å². The Morgan fingerprint density at radius 2 is 1.92 bits per heavy atom. The summed E-state index contributed by atoms with van der Waals surface area (Å²) in [5.74, 6) is 0.216. The van der Waals surface area contributed by atoms with Gasteiger partial charge in [-0.1, -0.05) is 38.1 Å². The molecule has 0 saturated carbocycles. The first kappa shape index (κ1) is 16.8. The van der Waals surface area contributed by atoms with Crippen LogP contribution < -0.4 is 0 Å². The highest BCUT2D eigenvalue weighted by Crippen LogP contribution is 2.22. The zero-order valence-corrected chi connectivity index (χ0v) is 14.4. The van der Waals surface area contributed by atoms with Gasteiger partial charge in [-0.15, -0.1) is 0 Å². The first-order valence-corrected chi connectivity index (χ1v) is 7.94. The van der Waals surface area contributed by atoms with Gasteiger partial charge in [0, 0.05) is 18.0 Å². The summed E-state index contributed by atoms with van der Waals surface area (Å²) in [6.45, 7) is 6.29. The fourth-order valence-corrected chi connectivity index (χ4v) is 2.24. The molecule has 0 saturated heterocycles. The van der Waals surface area contributed by atoms with Crippen molar-refractivity contribution in [2.24, 2.45) is 0 Å². The van der Waals surface area contributed by atoms with E-state index in [0.29, 0.717) is 11.4 Å². The van der Waals surface area contributed by atoms with Crippen molar-refractivity contribution in [1.29, 1.82) is 0 Å². The molecule has 3 rings (SSSR count). The zero-order valence-electron chi connectivity index (χ0n) is 14.4. The molecule has 3 aromatic rings. The predicted octanol–water partition coefficient (Wildman–Crippen LogP) is 3.79. The van der Waals surface area contributed by atoms with Crippen LogP contribution in [0.25, 0.3) is 11.4 Å². The number of ether oxygens (including phenoxy) is 1. The Hall–Kier alpha value is -3.02. The number of carbonyl (C=O) groups is 1. The molecule has 128 valence electrons. The van der Waals surface area contributed by atoms with Gasteiger partial charge in [0.1, 0.15) is 0 Å². The molecule has 0 atom stereocenters. The Labute approximate surface area is 145 Å². The molecular formula is C19H19N3O3. The predicted molar refractivity (Wildman–Crippen MR) is 91.8 cm³/mol. The van der Waals surface area contributed by atoms with Gasteiger partial charge in [-0.25, -0.2) is 4.79 Å². The van der Waals surface area contributed by atoms with Crippen LogP contribution in [0.1, 0.15) is 42.6 Å². The summed E-state index contributed by atoms with van der Waals surface area (Å²) in [7, 11) is 0. The molecule has 1 aromatic carbocycles. The van der Waals surface area contributed by atoms with Gasteiger partial charge in [0.2, 0.25) is 5.82 Å². The molecule has 0 amide bonds. The van der Waals surface area contributed by atoms with E-state index in [4.69, 9.17) is 9.26 Å². The highest BCUT2D eigenvalue weighted by Gasteiger charge is 2.16. The fraction of sp³-hybridized carbons (Fsp3) is 0.263. The van der Waals surface area contributed by atoms with Crippen LogP contribution >= 0.6 is 0 Å². The normalized spacial score (nSPS) is 11.3. The second-order valence-corrected chi connectivity index (χ2v) is 6.66. The number of hydrogen-bond acceptors (Lipinski definition) is 6. The fourth-order valence-electron chi connectivity index (χ4n) is 2.24. The van der Waals surface area contributed by atoms with Crippen molar-refractivity contribution in [3.63, 3.8) is 0 Å². The molecule has 0 N–H and O–H groups in total. The number of esters is 1. The van der Waals surface area contributed by atoms with Crippen molar-refractivity contribution in [3.8, 4) is 11.4 Å². The lowest BCUT2D eigenvalue weighted by molar-refractivity contribution is 0.0430. The van der Waals surface area contributed by atoms with Crippen LogP contribution in [0, 0.1) is 0 Å². The first-order chi connectivity index (χ1) is 11.9. The van der Waals surface area contributed by atoms with Gasteiger partial charge >= 0.3 is 5.97 Å². The van der Waals surface area contributed by atoms with E-state index in [1.165, 1.54) is 0 Å². The SMILES string of the molecule is CC(C)(C)c1ccc(C(=O)OCc2nc(-c3cccnc3)no2)cc1. The third-order valence-corrected chi connectivity index (χ3v) is 3.70. The average molecular weight is 337 g/mol. The molecule has 25 heavy (non-hydrogen) atoms. The number of pyridine rings is 1. The molecule has 2 aromatic heterocycles. The maximum atomic E-state index is 12.1. The monoisotopic (exact) mass is 337 g/mol. The van der Waals surface area contributed by atoms with E-state index in [0.717, 1.165) is 11.1 Å². The van der Waals surface area contributed by atoms with E-state index < -0.39 is 5.97 Å². The lowest BCUT2D eigenvalue weighted by Gasteiger charge is -2.18. The van der Waals surface area contributed by atoms with Crippen LogP contribution in [0.4, 0.5) is 0 Å². The number of rotatable bonds is 4. The molecule has 2 heterocycles. The number of aromatic nitrogens is 3. The van der Waals surface area contributed by atoms with E-state index in [2.05, 4.69) is 35.9 Å². The Balaban J connectivity index is 1.62. The molecule has 0 spiro atoms. The van der Waals surface area contributed by atoms with E-state index in [1.807, 2.05) is 18.2 Å². The molecule has 6 nitrogen and oxygen atoms in total. The van der Waals surface area contributed by atoms with Gasteiger partial charge in [-0.2, -0.15) is 4.98 Å². The number of benzene rings is 1. The number of nitrogens with zero attached hydrogens (tertiary/aromatic N) is 3. The van der Waals surface area contributed by atoms with Gasteiger partial charge in [0.15, 0.2) is 6.61 Å². The minimum absolute atomic E-state index is 0.0366. The van der Waals surface area contributed by atoms with Crippen molar-refractivity contribution in [2.75, 3.05) is 0 Å². The summed E-state index contributed by atoms with van der Waals surface area (Å²) in [6, 6.07) is 11.0. The van der Waals surface area contributed by atoms with E-state index in [9.17, 15) is 4.79 Å². The molecule has 0 unspecified atom stereocenters. The Kier molecular flexibility index (Phi) is 4.61. The topological polar surface area (TPSA) is 78.1 Å². The maximum absolute atomic E-state index is 12.1. The van der Waals surface area contributed by atoms with Crippen molar-refractivity contribution < 1.29 is 14.1 Å². The summed E-state index contributed by atoms with van der Waals surface area (Å²) in [5.41, 5.74) is 2.41. The summed E-state index contributed by atoms with van der Waals surface area (Å²) >= 11 is 0. The number of carbonyl (C=O) groups excluding carboxylic acids is 1. The second kappa shape index (κ2) is 6.84. The quantitative estimate of drug-likeness (QED) is 0.674. The van der Waals surface area contributed by atoms with Crippen molar-refractivity contribution in [2.45, 2.75) is 32.8 Å². The van der Waals surface area contributed by atoms with E-state index in [-0.39, 0.29) is 17.9 Å². The highest BCUT2D eigenvalue weighted by molar-refractivity contribution is 5.89. The molecule has 0 aliphatic heterocycles. The van der Waals surface area contributed by atoms with Crippen LogP contribution in [0.2, 0.25) is 0 Å². The van der Waals surface area contributed by atoms with Crippen LogP contribution in [-0.2, 0) is 16.8 Å². The summed E-state index contributed by atoms with van der Waals surface area (Å²) in [4.78, 5) is 20.3. The molecule has 0 bridgehead atoms. The van der Waals surface area contributed by atoms with Crippen LogP contribution in [0.15, 0.2) is 53.3 Å². The van der Waals surface area contributed by atoms with Gasteiger partial charge in [-0.05, 0) is 35.2 Å². The molecule has 0 fully saturated rings. The average Bonchev–Trinajstić information content (AvgIpc) is 3.09. The third kappa shape index (κ3) is 4.09. The van der Waals surface area contributed by atoms with Gasteiger partial charge in [0.25, 0.3) is 5.89 Å². The molecule has 0 aliphatic rings. The molecule has 0 radical (unpaired) electrons. The largest absolute Gasteiger partial charge is 0.452 e. The van der Waals surface area contributed by atoms with Crippen molar-refractivity contribution in [3.05, 3.63) is 65.8 Å². The first-order valence-electron chi connectivity index (χ1n) is 7.94. The van der Waals surface area contributed by atoms with Crippen LogP contribution in [0.3, 0.4) is 0 Å². The molecule has 6 heteroatoms. The zero-order chi connectivity index (χ0) is 17.9. The smallest absolute Gasteiger partial charge is 0.338 e. The third-order valence-electron chi connectivity index (χ3n) is 3.70. The second-order valence-electron chi connectivity index (χ2n) is 6.66. The Morgan fingerprint density at radius 3 is 2.56 bits per heavy atom. The summed E-state index contributed by atoms with van der Waals surface area (Å²) < 4.78 is 10.3. The number of hydrogen-bond donors (Lipinski definition) is 0. The Morgan fingerprint density at radius 1 is 1.16 bits per heavy atom. The minimum atomic E-state index is -0.429. The van der Waals surface area contributed by atoms with Gasteiger partial charge in [-0.3, -0.25) is 4.98 Å². The highest BCUT2D eigenvalue weighted by atomic mass is 16.6. The standard InChI is InChI=1S/C19H19N3O3/c1-19(2,3)15-8-6-13(7-9-15)18(23)24-12-16-21-17(22-25-16)14-5-4-10-20-11-14/h4-11H,12H2,1-3H3.